The maximum Gasteiger partial charge on any atom is 0.0406 e. The lowest BCUT2D eigenvalue weighted by Crippen LogP contribution is -2.19. The van der Waals surface area contributed by atoms with Crippen molar-refractivity contribution in [1.29, 1.82) is 0 Å². The average molecular weight is 314 g/mol. The van der Waals surface area contributed by atoms with Crippen LogP contribution in [-0.2, 0) is 0 Å². The minimum absolute atomic E-state index is 0.687. The molecule has 1 nitrogen and oxygen atoms in total. The molecular weight excluding hydrogens is 290 g/mol. The van der Waals surface area contributed by atoms with Crippen LogP contribution in [-0.4, -0.2) is 13.1 Å². The van der Waals surface area contributed by atoms with E-state index in [0.717, 1.165) is 18.1 Å². The first-order chi connectivity index (χ1) is 10.6. The fourth-order valence-electron chi connectivity index (χ4n) is 2.28. The Kier molecular flexibility index (Phi) is 6.23. The Balaban J connectivity index is 2.01. The highest BCUT2D eigenvalue weighted by Gasteiger charge is 2.00. The highest BCUT2D eigenvalue weighted by molar-refractivity contribution is 6.30. The zero-order chi connectivity index (χ0) is 15.9. The van der Waals surface area contributed by atoms with Crippen LogP contribution in [0.4, 0.5) is 0 Å². The Hall–Kier alpha value is -1.57. The summed E-state index contributed by atoms with van der Waals surface area (Å²) in [6, 6.07) is 16.6. The molecule has 0 aliphatic heterocycles. The van der Waals surface area contributed by atoms with Gasteiger partial charge in [-0.1, -0.05) is 67.9 Å². The molecule has 0 aliphatic rings. The van der Waals surface area contributed by atoms with Gasteiger partial charge in [-0.2, -0.15) is 0 Å². The number of hydrogen-bond acceptors (Lipinski definition) is 1. The molecule has 0 unspecified atom stereocenters. The molecule has 116 valence electrons. The fraction of sp³-hybridized carbons (Fsp3) is 0.300. The van der Waals surface area contributed by atoms with E-state index in [4.69, 9.17) is 11.6 Å². The van der Waals surface area contributed by atoms with E-state index in [0.29, 0.717) is 5.92 Å². The van der Waals surface area contributed by atoms with Gasteiger partial charge in [0.2, 0.25) is 0 Å². The van der Waals surface area contributed by atoms with Gasteiger partial charge in [0, 0.05) is 11.6 Å². The third-order valence-corrected chi connectivity index (χ3v) is 3.87. The first-order valence-electron chi connectivity index (χ1n) is 7.80. The van der Waals surface area contributed by atoms with Gasteiger partial charge in [-0.05, 0) is 53.8 Å². The van der Waals surface area contributed by atoms with Crippen LogP contribution < -0.4 is 5.32 Å². The van der Waals surface area contributed by atoms with Crippen LogP contribution in [0.15, 0.2) is 54.6 Å². The Morgan fingerprint density at radius 1 is 1.00 bits per heavy atom. The number of allylic oxidation sites excluding steroid dienone is 1. The smallest absolute Gasteiger partial charge is 0.0406 e. The molecule has 0 heterocycles. The molecule has 1 N–H and O–H groups in total. The van der Waals surface area contributed by atoms with E-state index < -0.39 is 0 Å². The van der Waals surface area contributed by atoms with Gasteiger partial charge in [0.1, 0.15) is 0 Å². The summed E-state index contributed by atoms with van der Waals surface area (Å²) in [5.41, 5.74) is 4.98. The molecule has 0 spiro atoms. The van der Waals surface area contributed by atoms with Gasteiger partial charge >= 0.3 is 0 Å². The van der Waals surface area contributed by atoms with Crippen LogP contribution in [0.2, 0.25) is 5.02 Å². The van der Waals surface area contributed by atoms with Crippen LogP contribution in [0, 0.1) is 5.92 Å². The lowest BCUT2D eigenvalue weighted by molar-refractivity contribution is 0.577. The Morgan fingerprint density at radius 2 is 1.55 bits per heavy atom. The number of halogens is 1. The Morgan fingerprint density at radius 3 is 2.09 bits per heavy atom. The summed E-state index contributed by atoms with van der Waals surface area (Å²) in [7, 11) is 0. The zero-order valence-corrected chi connectivity index (χ0v) is 14.3. The van der Waals surface area contributed by atoms with Gasteiger partial charge in [-0.3, -0.25) is 0 Å². The summed E-state index contributed by atoms with van der Waals surface area (Å²) >= 11 is 5.93. The van der Waals surface area contributed by atoms with Crippen molar-refractivity contribution in [3.05, 3.63) is 65.2 Å². The molecule has 22 heavy (non-hydrogen) atoms. The number of hydrogen-bond donors (Lipinski definition) is 1. The van der Waals surface area contributed by atoms with Gasteiger partial charge in [-0.25, -0.2) is 0 Å². The van der Waals surface area contributed by atoms with Crippen molar-refractivity contribution >= 4 is 17.2 Å². The van der Waals surface area contributed by atoms with E-state index >= 15 is 0 Å². The topological polar surface area (TPSA) is 12.0 Å². The summed E-state index contributed by atoms with van der Waals surface area (Å²) in [6.45, 7) is 8.58. The predicted octanol–water partition coefficient (Wildman–Crippen LogP) is 5.66. The molecule has 0 fully saturated rings. The second kappa shape index (κ2) is 8.17. The van der Waals surface area contributed by atoms with E-state index in [1.54, 1.807) is 0 Å². The lowest BCUT2D eigenvalue weighted by Gasteiger charge is -2.07. The van der Waals surface area contributed by atoms with Crippen LogP contribution in [0.5, 0.6) is 0 Å². The quantitative estimate of drug-likeness (QED) is 0.679. The molecule has 0 atom stereocenters. The molecule has 2 rings (SSSR count). The largest absolute Gasteiger partial charge is 0.313 e. The second-order valence-corrected chi connectivity index (χ2v) is 6.46. The van der Waals surface area contributed by atoms with E-state index in [2.05, 4.69) is 68.6 Å². The molecule has 2 aromatic carbocycles. The molecule has 0 saturated heterocycles. The summed E-state index contributed by atoms with van der Waals surface area (Å²) in [6.07, 6.45) is 2.25. The van der Waals surface area contributed by atoms with Gasteiger partial charge in [0.05, 0.1) is 0 Å². The second-order valence-electron chi connectivity index (χ2n) is 6.02. The van der Waals surface area contributed by atoms with E-state index in [9.17, 15) is 0 Å². The minimum atomic E-state index is 0.687. The van der Waals surface area contributed by atoms with Crippen LogP contribution in [0.25, 0.3) is 16.7 Å². The van der Waals surface area contributed by atoms with Crippen molar-refractivity contribution in [3.8, 4) is 11.1 Å². The zero-order valence-electron chi connectivity index (χ0n) is 13.6. The van der Waals surface area contributed by atoms with Crippen molar-refractivity contribution in [3.63, 3.8) is 0 Å². The van der Waals surface area contributed by atoms with Crippen molar-refractivity contribution in [2.45, 2.75) is 20.8 Å². The SMILES string of the molecule is C/C(=C/CNCC(C)C)c1ccc(-c2ccc(Cl)cc2)cc1. The fourth-order valence-corrected chi connectivity index (χ4v) is 2.41. The molecular formula is C20H24ClN. The third-order valence-electron chi connectivity index (χ3n) is 3.62. The molecule has 0 radical (unpaired) electrons. The third kappa shape index (κ3) is 5.01. The number of rotatable bonds is 6. The summed E-state index contributed by atoms with van der Waals surface area (Å²) < 4.78 is 0. The molecule has 0 aliphatic carbocycles. The Bertz CT molecular complexity index is 609. The number of nitrogens with one attached hydrogen (secondary N) is 1. The maximum atomic E-state index is 5.93. The number of benzene rings is 2. The minimum Gasteiger partial charge on any atom is -0.313 e. The standard InChI is InChI=1S/C20H24ClN/c1-15(2)14-22-13-12-16(3)17-4-6-18(7-5-17)19-8-10-20(21)11-9-19/h4-12,15,22H,13-14H2,1-3H3/b16-12-. The monoisotopic (exact) mass is 313 g/mol. The average Bonchev–Trinajstić information content (AvgIpc) is 2.52. The van der Waals surface area contributed by atoms with Gasteiger partial charge in [0.25, 0.3) is 0 Å². The van der Waals surface area contributed by atoms with E-state index in [1.807, 2.05) is 12.1 Å². The molecule has 0 aromatic heterocycles. The summed E-state index contributed by atoms with van der Waals surface area (Å²) in [4.78, 5) is 0. The van der Waals surface area contributed by atoms with Crippen molar-refractivity contribution in [2.75, 3.05) is 13.1 Å². The van der Waals surface area contributed by atoms with Crippen LogP contribution in [0.1, 0.15) is 26.3 Å². The van der Waals surface area contributed by atoms with Gasteiger partial charge in [0.15, 0.2) is 0 Å². The van der Waals surface area contributed by atoms with E-state index in [1.165, 1.54) is 22.3 Å². The normalized spacial score (nSPS) is 12.0. The van der Waals surface area contributed by atoms with Crippen molar-refractivity contribution in [2.24, 2.45) is 5.92 Å². The highest BCUT2D eigenvalue weighted by atomic mass is 35.5. The lowest BCUT2D eigenvalue weighted by atomic mass is 10.0. The van der Waals surface area contributed by atoms with Gasteiger partial charge < -0.3 is 5.32 Å². The molecule has 2 heteroatoms. The van der Waals surface area contributed by atoms with Crippen LogP contribution in [0.3, 0.4) is 0 Å². The van der Waals surface area contributed by atoms with Crippen molar-refractivity contribution in [1.82, 2.24) is 5.32 Å². The molecule has 0 amide bonds. The molecule has 0 bridgehead atoms. The van der Waals surface area contributed by atoms with Crippen LogP contribution >= 0.6 is 11.6 Å². The predicted molar refractivity (Wildman–Crippen MR) is 98.2 cm³/mol. The first kappa shape index (κ1) is 16.8. The van der Waals surface area contributed by atoms with Crippen molar-refractivity contribution < 1.29 is 0 Å². The molecule has 0 saturated carbocycles. The van der Waals surface area contributed by atoms with Gasteiger partial charge in [-0.15, -0.1) is 0 Å². The molecule has 2 aromatic rings. The summed E-state index contributed by atoms with van der Waals surface area (Å²) in [5.74, 6) is 0.687. The highest BCUT2D eigenvalue weighted by Crippen LogP contribution is 2.23. The van der Waals surface area contributed by atoms with E-state index in [-0.39, 0.29) is 0 Å². The maximum absolute atomic E-state index is 5.93. The Labute approximate surface area is 139 Å². The first-order valence-corrected chi connectivity index (χ1v) is 8.18. The summed E-state index contributed by atoms with van der Waals surface area (Å²) in [5, 5.41) is 4.21.